The first-order valence-electron chi connectivity index (χ1n) is 8.31. The van der Waals surface area contributed by atoms with Gasteiger partial charge in [-0.15, -0.1) is 4.98 Å². The van der Waals surface area contributed by atoms with Crippen LogP contribution in [0.2, 0.25) is 0 Å². The molecule has 0 radical (unpaired) electrons. The highest BCUT2D eigenvalue weighted by molar-refractivity contribution is 5.75. The summed E-state index contributed by atoms with van der Waals surface area (Å²) in [6, 6.07) is 10.3. The maximum Gasteiger partial charge on any atom is 0.333 e. The quantitative estimate of drug-likeness (QED) is 0.398. The van der Waals surface area contributed by atoms with Crippen LogP contribution in [0, 0.1) is 31.8 Å². The lowest BCUT2D eigenvalue weighted by Gasteiger charge is -2.11. The van der Waals surface area contributed by atoms with Gasteiger partial charge in [-0.1, -0.05) is 24.3 Å². The number of ether oxygens (including phenoxy) is 1. The summed E-state index contributed by atoms with van der Waals surface area (Å²) in [7, 11) is 0. The second kappa shape index (κ2) is 9.64. The number of amides is 2. The molecule has 2 aromatic rings. The van der Waals surface area contributed by atoms with Crippen LogP contribution in [0.1, 0.15) is 23.2 Å². The van der Waals surface area contributed by atoms with Crippen molar-refractivity contribution in [3.05, 3.63) is 58.6 Å². The van der Waals surface area contributed by atoms with Gasteiger partial charge >= 0.3 is 6.03 Å². The molecule has 2 rings (SSSR count). The van der Waals surface area contributed by atoms with Crippen molar-refractivity contribution >= 4 is 17.5 Å². The van der Waals surface area contributed by atoms with Gasteiger partial charge in [-0.2, -0.15) is 5.26 Å². The van der Waals surface area contributed by atoms with Gasteiger partial charge in [-0.05, 0) is 38.0 Å². The van der Waals surface area contributed by atoms with Crippen LogP contribution in [0.25, 0.3) is 4.85 Å². The summed E-state index contributed by atoms with van der Waals surface area (Å²) in [6.45, 7) is 11.9. The third kappa shape index (κ3) is 6.22. The van der Waals surface area contributed by atoms with Gasteiger partial charge in [-0.3, -0.25) is 10.9 Å². The minimum absolute atomic E-state index is 0.0716. The van der Waals surface area contributed by atoms with Gasteiger partial charge in [-0.25, -0.2) is 4.79 Å². The molecule has 1 aromatic heterocycles. The normalized spacial score (nSPS) is 9.63. The highest BCUT2D eigenvalue weighted by Gasteiger charge is 2.06. The maximum atomic E-state index is 11.8. The monoisotopic (exact) mass is 364 g/mol. The molecular formula is C19H20N6O2. The van der Waals surface area contributed by atoms with Gasteiger partial charge in [0.1, 0.15) is 11.8 Å². The van der Waals surface area contributed by atoms with E-state index < -0.39 is 6.03 Å². The third-order valence-electron chi connectivity index (χ3n) is 3.56. The Balaban J connectivity index is 1.69. The number of aryl methyl sites for hydroxylation is 2. The summed E-state index contributed by atoms with van der Waals surface area (Å²) in [5, 5.41) is 11.6. The van der Waals surface area contributed by atoms with Crippen LogP contribution >= 0.6 is 0 Å². The number of urea groups is 1. The number of anilines is 1. The zero-order valence-electron chi connectivity index (χ0n) is 15.2. The van der Waals surface area contributed by atoms with Gasteiger partial charge in [0.25, 0.3) is 5.82 Å². The van der Waals surface area contributed by atoms with E-state index in [0.717, 1.165) is 11.3 Å². The first-order chi connectivity index (χ1) is 13.0. The molecule has 2 amide bonds. The van der Waals surface area contributed by atoms with Crippen LogP contribution in [-0.2, 0) is 0 Å². The summed E-state index contributed by atoms with van der Waals surface area (Å²) >= 11 is 0. The third-order valence-corrected chi connectivity index (χ3v) is 3.56. The highest BCUT2D eigenvalue weighted by atomic mass is 16.5. The average molecular weight is 364 g/mol. The molecule has 0 atom stereocenters. The van der Waals surface area contributed by atoms with Crippen LogP contribution in [0.3, 0.4) is 0 Å². The fourth-order valence-corrected chi connectivity index (χ4v) is 2.29. The molecule has 0 fully saturated rings. The smallest absolute Gasteiger partial charge is 0.333 e. The first-order valence-corrected chi connectivity index (χ1v) is 8.31. The largest absolute Gasteiger partial charge is 0.493 e. The van der Waals surface area contributed by atoms with Crippen LogP contribution in [0.5, 0.6) is 5.75 Å². The number of nitrogens with one attached hydrogen (secondary N) is 3. The average Bonchev–Trinajstić information content (AvgIpc) is 2.67. The van der Waals surface area contributed by atoms with Crippen LogP contribution < -0.4 is 20.9 Å². The minimum atomic E-state index is -0.429. The van der Waals surface area contributed by atoms with Crippen molar-refractivity contribution in [1.82, 2.24) is 15.7 Å². The van der Waals surface area contributed by atoms with Crippen molar-refractivity contribution in [2.45, 2.75) is 20.3 Å². The number of nitriles is 1. The molecule has 8 nitrogen and oxygen atoms in total. The number of rotatable bonds is 7. The number of aromatic nitrogens is 1. The molecule has 0 aliphatic heterocycles. The van der Waals surface area contributed by atoms with Crippen molar-refractivity contribution < 1.29 is 9.53 Å². The molecule has 1 heterocycles. The Hall–Kier alpha value is -3.78. The molecule has 138 valence electrons. The molecule has 8 heteroatoms. The lowest BCUT2D eigenvalue weighted by atomic mass is 10.1. The number of hydrogen-bond donors (Lipinski definition) is 3. The molecule has 0 spiro atoms. The van der Waals surface area contributed by atoms with Gasteiger partial charge in [0.05, 0.1) is 12.3 Å². The molecule has 27 heavy (non-hydrogen) atoms. The number of pyridine rings is 1. The van der Waals surface area contributed by atoms with Gasteiger partial charge < -0.3 is 14.9 Å². The number of hydrazine groups is 1. The lowest BCUT2D eigenvalue weighted by molar-refractivity contribution is 0.241. The van der Waals surface area contributed by atoms with E-state index >= 15 is 0 Å². The van der Waals surface area contributed by atoms with Crippen LogP contribution in [0.4, 0.5) is 16.3 Å². The van der Waals surface area contributed by atoms with E-state index in [1.807, 2.05) is 32.0 Å². The Kier molecular flexibility index (Phi) is 6.98. The zero-order chi connectivity index (χ0) is 19.6. The van der Waals surface area contributed by atoms with Crippen molar-refractivity contribution in [2.24, 2.45) is 0 Å². The topological polar surface area (TPSA) is 103 Å². The molecule has 0 saturated heterocycles. The Morgan fingerprint density at radius 2 is 2.15 bits per heavy atom. The summed E-state index contributed by atoms with van der Waals surface area (Å²) in [6.07, 6.45) is 0.649. The number of carbonyl (C=O) groups excluding carboxylic acids is 1. The maximum absolute atomic E-state index is 11.8. The summed E-state index contributed by atoms with van der Waals surface area (Å²) < 4.78 is 5.70. The van der Waals surface area contributed by atoms with E-state index in [-0.39, 0.29) is 11.5 Å². The van der Waals surface area contributed by atoms with Crippen LogP contribution in [-0.4, -0.2) is 24.2 Å². The van der Waals surface area contributed by atoms with Crippen molar-refractivity contribution in [1.29, 1.82) is 5.26 Å². The number of hydrogen-bond acceptors (Lipinski definition) is 5. The van der Waals surface area contributed by atoms with E-state index in [1.54, 1.807) is 0 Å². The van der Waals surface area contributed by atoms with E-state index in [0.29, 0.717) is 25.3 Å². The zero-order valence-corrected chi connectivity index (χ0v) is 15.2. The molecular weight excluding hydrogens is 344 g/mol. The molecule has 0 aliphatic rings. The fourth-order valence-electron chi connectivity index (χ4n) is 2.29. The predicted octanol–water partition coefficient (Wildman–Crippen LogP) is 3.22. The van der Waals surface area contributed by atoms with Crippen molar-refractivity contribution in [2.75, 3.05) is 18.6 Å². The number of carbonyl (C=O) groups is 1. The molecule has 0 saturated carbocycles. The van der Waals surface area contributed by atoms with Crippen molar-refractivity contribution in [3.8, 4) is 11.8 Å². The number of benzene rings is 1. The van der Waals surface area contributed by atoms with E-state index in [9.17, 15) is 4.79 Å². The molecule has 3 N–H and O–H groups in total. The second-order valence-corrected chi connectivity index (χ2v) is 5.80. The Labute approximate surface area is 158 Å². The molecule has 1 aromatic carbocycles. The van der Waals surface area contributed by atoms with E-state index in [4.69, 9.17) is 16.6 Å². The van der Waals surface area contributed by atoms with E-state index in [2.05, 4.69) is 32.1 Å². The Morgan fingerprint density at radius 1 is 1.33 bits per heavy atom. The summed E-state index contributed by atoms with van der Waals surface area (Å²) in [5.74, 6) is 0.913. The van der Waals surface area contributed by atoms with Gasteiger partial charge in [0.2, 0.25) is 5.69 Å². The fraction of sp³-hybridized carbons (Fsp3) is 0.263. The summed E-state index contributed by atoms with van der Waals surface area (Å²) in [5.41, 5.74) is 7.85. The number of nitrogens with zero attached hydrogens (tertiary/aromatic N) is 3. The van der Waals surface area contributed by atoms with Gasteiger partial charge in [0, 0.05) is 12.6 Å². The predicted molar refractivity (Wildman–Crippen MR) is 101 cm³/mol. The Bertz CT molecular complexity index is 866. The van der Waals surface area contributed by atoms with Gasteiger partial charge in [0.15, 0.2) is 0 Å². The lowest BCUT2D eigenvalue weighted by Crippen LogP contribution is -2.39. The Morgan fingerprint density at radius 3 is 2.85 bits per heavy atom. The van der Waals surface area contributed by atoms with E-state index in [1.165, 1.54) is 17.7 Å². The van der Waals surface area contributed by atoms with Crippen molar-refractivity contribution in [3.63, 3.8) is 0 Å². The highest BCUT2D eigenvalue weighted by Crippen LogP contribution is 2.18. The second-order valence-electron chi connectivity index (χ2n) is 5.80. The van der Waals surface area contributed by atoms with Crippen LogP contribution in [0.15, 0.2) is 30.3 Å². The molecule has 0 aliphatic carbocycles. The minimum Gasteiger partial charge on any atom is -0.493 e. The molecule has 0 unspecified atom stereocenters. The molecule has 0 bridgehead atoms. The first kappa shape index (κ1) is 19.5. The SMILES string of the molecule is [C-]#[N+]c1cc(NNC(=O)NCCCOc2ccc(C)cc2C)cc(C#N)n1. The standard InChI is InChI=1S/C19H20N6O2/c1-13-5-6-17(14(2)9-13)27-8-4-7-22-19(26)25-24-15-10-16(12-20)23-18(11-15)21-3/h5-6,9-11H,4,7-8H2,1-2H3,(H,23,24)(H2,22,25,26). The summed E-state index contributed by atoms with van der Waals surface area (Å²) in [4.78, 5) is 18.8.